The SMILES string of the molecule is CCC1CN(Cc2cc(C(F)(F)F)ccc2F)CCN1C(C)C. The molecule has 0 aliphatic carbocycles. The van der Waals surface area contributed by atoms with Crippen molar-refractivity contribution in [3.63, 3.8) is 0 Å². The molecule has 0 spiro atoms. The van der Waals surface area contributed by atoms with E-state index in [4.69, 9.17) is 0 Å². The van der Waals surface area contributed by atoms with E-state index < -0.39 is 17.6 Å². The Bertz CT molecular complexity index is 528. The highest BCUT2D eigenvalue weighted by molar-refractivity contribution is 5.27. The molecule has 1 unspecified atom stereocenters. The molecule has 1 aromatic carbocycles. The zero-order valence-corrected chi connectivity index (χ0v) is 13.8. The fourth-order valence-electron chi connectivity index (χ4n) is 3.23. The third-order valence-corrected chi connectivity index (χ3v) is 4.51. The highest BCUT2D eigenvalue weighted by atomic mass is 19.4. The van der Waals surface area contributed by atoms with Crippen molar-refractivity contribution in [2.24, 2.45) is 0 Å². The normalized spacial score (nSPS) is 21.1. The van der Waals surface area contributed by atoms with Crippen LogP contribution in [0.25, 0.3) is 0 Å². The van der Waals surface area contributed by atoms with Gasteiger partial charge in [0.2, 0.25) is 0 Å². The maximum atomic E-state index is 13.9. The van der Waals surface area contributed by atoms with Crippen LogP contribution in [0.1, 0.15) is 38.3 Å². The van der Waals surface area contributed by atoms with Crippen molar-refractivity contribution in [3.05, 3.63) is 35.1 Å². The standard InChI is InChI=1S/C17H24F4N2/c1-4-15-11-22(7-8-23(15)12(2)3)10-13-9-14(17(19,20)21)5-6-16(13)18/h5-6,9,12,15H,4,7-8,10-11H2,1-3H3. The van der Waals surface area contributed by atoms with Crippen molar-refractivity contribution in [3.8, 4) is 0 Å². The van der Waals surface area contributed by atoms with E-state index in [0.717, 1.165) is 44.3 Å². The van der Waals surface area contributed by atoms with Crippen molar-refractivity contribution in [2.45, 2.75) is 52.0 Å². The van der Waals surface area contributed by atoms with Gasteiger partial charge in [-0.3, -0.25) is 9.80 Å². The van der Waals surface area contributed by atoms with Crippen molar-refractivity contribution < 1.29 is 17.6 Å². The zero-order valence-electron chi connectivity index (χ0n) is 13.8. The molecule has 0 aromatic heterocycles. The van der Waals surface area contributed by atoms with Gasteiger partial charge in [-0.15, -0.1) is 0 Å². The Morgan fingerprint density at radius 1 is 1.22 bits per heavy atom. The third kappa shape index (κ3) is 4.44. The Labute approximate surface area is 135 Å². The second-order valence-electron chi connectivity index (χ2n) is 6.43. The molecule has 0 radical (unpaired) electrons. The molecule has 0 amide bonds. The Kier molecular flexibility index (Phi) is 5.68. The molecule has 23 heavy (non-hydrogen) atoms. The summed E-state index contributed by atoms with van der Waals surface area (Å²) < 4.78 is 52.3. The van der Waals surface area contributed by atoms with Crippen molar-refractivity contribution in [1.29, 1.82) is 0 Å². The number of alkyl halides is 3. The van der Waals surface area contributed by atoms with Gasteiger partial charge in [-0.1, -0.05) is 6.92 Å². The number of hydrogen-bond donors (Lipinski definition) is 0. The van der Waals surface area contributed by atoms with E-state index in [9.17, 15) is 17.6 Å². The third-order valence-electron chi connectivity index (χ3n) is 4.51. The summed E-state index contributed by atoms with van der Waals surface area (Å²) in [6, 6.07) is 3.44. The molecule has 2 rings (SSSR count). The quantitative estimate of drug-likeness (QED) is 0.764. The van der Waals surface area contributed by atoms with Gasteiger partial charge in [0.25, 0.3) is 0 Å². The molecule has 1 atom stereocenters. The number of halogens is 4. The summed E-state index contributed by atoms with van der Waals surface area (Å²) in [4.78, 5) is 4.45. The minimum absolute atomic E-state index is 0.118. The fourth-order valence-corrected chi connectivity index (χ4v) is 3.23. The maximum absolute atomic E-state index is 13.9. The molecule has 1 aliphatic rings. The van der Waals surface area contributed by atoms with Gasteiger partial charge in [-0.25, -0.2) is 4.39 Å². The molecular weight excluding hydrogens is 308 g/mol. The Balaban J connectivity index is 2.11. The van der Waals surface area contributed by atoms with Crippen LogP contribution in [0.5, 0.6) is 0 Å². The lowest BCUT2D eigenvalue weighted by Gasteiger charge is -2.43. The first kappa shape index (κ1) is 18.2. The van der Waals surface area contributed by atoms with Gasteiger partial charge < -0.3 is 0 Å². The molecule has 6 heteroatoms. The average molecular weight is 332 g/mol. The number of nitrogens with zero attached hydrogens (tertiary/aromatic N) is 2. The molecule has 2 nitrogen and oxygen atoms in total. The average Bonchev–Trinajstić information content (AvgIpc) is 2.48. The van der Waals surface area contributed by atoms with Crippen molar-refractivity contribution >= 4 is 0 Å². The lowest BCUT2D eigenvalue weighted by molar-refractivity contribution is -0.137. The second-order valence-corrected chi connectivity index (χ2v) is 6.43. The first-order valence-electron chi connectivity index (χ1n) is 8.06. The van der Waals surface area contributed by atoms with Crippen LogP contribution in [0, 0.1) is 5.82 Å². The summed E-state index contributed by atoms with van der Waals surface area (Å²) >= 11 is 0. The van der Waals surface area contributed by atoms with E-state index in [1.807, 2.05) is 4.90 Å². The van der Waals surface area contributed by atoms with Crippen LogP contribution in [0.3, 0.4) is 0 Å². The molecule has 1 saturated heterocycles. The first-order chi connectivity index (χ1) is 10.7. The molecule has 1 aromatic rings. The summed E-state index contributed by atoms with van der Waals surface area (Å²) in [5.41, 5.74) is -0.672. The van der Waals surface area contributed by atoms with E-state index in [1.54, 1.807) is 0 Å². The molecule has 1 heterocycles. The molecule has 0 saturated carbocycles. The number of hydrogen-bond acceptors (Lipinski definition) is 2. The Morgan fingerprint density at radius 2 is 1.91 bits per heavy atom. The van der Waals surface area contributed by atoms with Crippen LogP contribution >= 0.6 is 0 Å². The van der Waals surface area contributed by atoms with Crippen LogP contribution in [0.15, 0.2) is 18.2 Å². The Morgan fingerprint density at radius 3 is 2.48 bits per heavy atom. The van der Waals surface area contributed by atoms with E-state index in [0.29, 0.717) is 12.1 Å². The molecule has 0 bridgehead atoms. The van der Waals surface area contributed by atoms with E-state index >= 15 is 0 Å². The summed E-state index contributed by atoms with van der Waals surface area (Å²) in [5, 5.41) is 0. The number of piperazine rings is 1. The fraction of sp³-hybridized carbons (Fsp3) is 0.647. The minimum atomic E-state index is -4.44. The van der Waals surface area contributed by atoms with Gasteiger partial charge in [-0.2, -0.15) is 13.2 Å². The van der Waals surface area contributed by atoms with Crippen LogP contribution in [0.2, 0.25) is 0 Å². The van der Waals surface area contributed by atoms with Crippen LogP contribution in [0.4, 0.5) is 17.6 Å². The number of rotatable bonds is 4. The lowest BCUT2D eigenvalue weighted by Crippen LogP contribution is -2.54. The van der Waals surface area contributed by atoms with Gasteiger partial charge in [0.1, 0.15) is 5.82 Å². The van der Waals surface area contributed by atoms with Crippen LogP contribution in [-0.4, -0.2) is 41.5 Å². The van der Waals surface area contributed by atoms with Crippen LogP contribution in [-0.2, 0) is 12.7 Å². The van der Waals surface area contributed by atoms with Gasteiger partial charge in [0, 0.05) is 43.8 Å². The second kappa shape index (κ2) is 7.18. The molecule has 1 fully saturated rings. The maximum Gasteiger partial charge on any atom is 0.416 e. The summed E-state index contributed by atoms with van der Waals surface area (Å²) in [5.74, 6) is -0.572. The van der Waals surface area contributed by atoms with Crippen molar-refractivity contribution in [1.82, 2.24) is 9.80 Å². The highest BCUT2D eigenvalue weighted by Gasteiger charge is 2.32. The van der Waals surface area contributed by atoms with Crippen LogP contribution < -0.4 is 0 Å². The van der Waals surface area contributed by atoms with Crippen molar-refractivity contribution in [2.75, 3.05) is 19.6 Å². The molecule has 0 N–H and O–H groups in total. The topological polar surface area (TPSA) is 6.48 Å². The largest absolute Gasteiger partial charge is 0.416 e. The van der Waals surface area contributed by atoms with Gasteiger partial charge in [-0.05, 0) is 38.5 Å². The number of benzene rings is 1. The predicted octanol–water partition coefficient (Wildman–Crippen LogP) is 4.15. The highest BCUT2D eigenvalue weighted by Crippen LogP contribution is 2.31. The first-order valence-corrected chi connectivity index (χ1v) is 8.06. The zero-order chi connectivity index (χ0) is 17.2. The van der Waals surface area contributed by atoms with Gasteiger partial charge in [0.15, 0.2) is 0 Å². The molecule has 1 aliphatic heterocycles. The Hall–Kier alpha value is -1.14. The van der Waals surface area contributed by atoms with E-state index in [2.05, 4.69) is 25.7 Å². The van der Waals surface area contributed by atoms with E-state index in [1.165, 1.54) is 0 Å². The molecule has 130 valence electrons. The molecular formula is C17H24F4N2. The smallest absolute Gasteiger partial charge is 0.296 e. The monoisotopic (exact) mass is 332 g/mol. The summed E-state index contributed by atoms with van der Waals surface area (Å²) in [7, 11) is 0. The summed E-state index contributed by atoms with van der Waals surface area (Å²) in [6.07, 6.45) is -3.47. The van der Waals surface area contributed by atoms with Gasteiger partial charge >= 0.3 is 6.18 Å². The van der Waals surface area contributed by atoms with Gasteiger partial charge in [0.05, 0.1) is 5.56 Å². The predicted molar refractivity (Wildman–Crippen MR) is 82.6 cm³/mol. The summed E-state index contributed by atoms with van der Waals surface area (Å²) in [6.45, 7) is 8.97. The van der Waals surface area contributed by atoms with E-state index in [-0.39, 0.29) is 12.1 Å². The lowest BCUT2D eigenvalue weighted by atomic mass is 10.0. The minimum Gasteiger partial charge on any atom is -0.296 e.